The van der Waals surface area contributed by atoms with E-state index >= 15 is 0 Å². The van der Waals surface area contributed by atoms with Crippen molar-refractivity contribution in [3.63, 3.8) is 0 Å². The first-order valence-electron chi connectivity index (χ1n) is 3.70. The fraction of sp³-hybridized carbons (Fsp3) is 0. The van der Waals surface area contributed by atoms with Crippen LogP contribution >= 0.6 is 11.6 Å². The quantitative estimate of drug-likeness (QED) is 0.272. The van der Waals surface area contributed by atoms with Gasteiger partial charge in [-0.25, -0.2) is 13.2 Å². The molecule has 1 aromatic carbocycles. The molecule has 0 aliphatic carbocycles. The van der Waals surface area contributed by atoms with E-state index in [2.05, 4.69) is 14.4 Å². The molecule has 7 nitrogen and oxygen atoms in total. The van der Waals surface area contributed by atoms with Gasteiger partial charge < -0.3 is 0 Å². The Kier molecular flexibility index (Phi) is 3.65. The van der Waals surface area contributed by atoms with Crippen molar-refractivity contribution in [3.05, 3.63) is 33.7 Å². The van der Waals surface area contributed by atoms with Crippen LogP contribution in [-0.2, 0) is 14.8 Å². The maximum Gasteiger partial charge on any atom is 0.264 e. The summed E-state index contributed by atoms with van der Waals surface area (Å²) in [4.78, 5) is 15.1. The molecule has 0 amide bonds. The molecule has 0 saturated carbocycles. The highest BCUT2D eigenvalue weighted by atomic mass is 35.5. The molecule has 0 atom stereocenters. The number of hydrogen-bond acceptors (Lipinski definition) is 4. The zero-order valence-corrected chi connectivity index (χ0v) is 9.10. The first kappa shape index (κ1) is 12.2. The molecule has 0 aromatic heterocycles. The van der Waals surface area contributed by atoms with Gasteiger partial charge in [-0.3, -0.25) is 0 Å². The average Bonchev–Trinajstić information content (AvgIpc) is 2.21. The molecule has 0 unspecified atom stereocenters. The average molecular weight is 259 g/mol. The Morgan fingerprint density at radius 2 is 2.12 bits per heavy atom. The van der Waals surface area contributed by atoms with Crippen LogP contribution in [0.15, 0.2) is 32.6 Å². The summed E-state index contributed by atoms with van der Waals surface area (Å²) in [5.74, 6) is 0. The lowest BCUT2D eigenvalue weighted by atomic mass is 10.3. The van der Waals surface area contributed by atoms with Crippen molar-refractivity contribution in [2.75, 3.05) is 0 Å². The lowest BCUT2D eigenvalue weighted by Gasteiger charge is -1.99. The number of azide groups is 1. The van der Waals surface area contributed by atoms with Crippen LogP contribution in [0.5, 0.6) is 0 Å². The number of rotatable bonds is 3. The highest BCUT2D eigenvalue weighted by molar-refractivity contribution is 7.90. The number of benzene rings is 1. The van der Waals surface area contributed by atoms with Gasteiger partial charge in [0.2, 0.25) is 6.08 Å². The minimum Gasteiger partial charge on any atom is -0.216 e. The highest BCUT2D eigenvalue weighted by Gasteiger charge is 2.13. The van der Waals surface area contributed by atoms with Gasteiger partial charge in [-0.05, 0) is 23.7 Å². The van der Waals surface area contributed by atoms with Crippen molar-refractivity contribution in [3.8, 4) is 0 Å². The van der Waals surface area contributed by atoms with Crippen LogP contribution < -0.4 is 0 Å². The maximum atomic E-state index is 11.3. The van der Waals surface area contributed by atoms with E-state index < -0.39 is 10.0 Å². The third-order valence-electron chi connectivity index (χ3n) is 1.53. The van der Waals surface area contributed by atoms with E-state index in [1.165, 1.54) is 12.1 Å². The van der Waals surface area contributed by atoms with Gasteiger partial charge in [0, 0.05) is 9.43 Å². The van der Waals surface area contributed by atoms with E-state index in [1.807, 2.05) is 0 Å². The molecule has 0 bridgehead atoms. The van der Waals surface area contributed by atoms with Crippen LogP contribution in [-0.4, -0.2) is 14.5 Å². The minimum absolute atomic E-state index is 0.0640. The van der Waals surface area contributed by atoms with Crippen LogP contribution in [0.3, 0.4) is 0 Å². The summed E-state index contributed by atoms with van der Waals surface area (Å²) < 4.78 is 25.2. The minimum atomic E-state index is -4.11. The number of isocyanates is 1. The summed E-state index contributed by atoms with van der Waals surface area (Å²) >= 11 is 5.63. The highest BCUT2D eigenvalue weighted by Crippen LogP contribution is 2.28. The molecule has 1 aromatic rings. The standard InChI is InChI=1S/C7H3ClN4O3S/c8-6-2-1-5(3-7(6)10-4-13)16(14,15)12-11-9/h1-3H. The van der Waals surface area contributed by atoms with Gasteiger partial charge in [-0.1, -0.05) is 11.6 Å². The second-order valence-electron chi connectivity index (χ2n) is 2.46. The SMILES string of the molecule is [N-]=[N+]=NS(=O)(=O)c1ccc(Cl)c(N=C=O)c1. The molecule has 0 fully saturated rings. The smallest absolute Gasteiger partial charge is 0.216 e. The number of aliphatic imine (C=N–C) groups is 1. The normalized spacial score (nSPS) is 10.1. The van der Waals surface area contributed by atoms with Crippen LogP contribution in [0.2, 0.25) is 5.02 Å². The number of hydrogen-bond donors (Lipinski definition) is 0. The van der Waals surface area contributed by atoms with Crippen LogP contribution in [0, 0.1) is 0 Å². The second-order valence-corrected chi connectivity index (χ2v) is 4.45. The van der Waals surface area contributed by atoms with Crippen LogP contribution in [0.25, 0.3) is 10.4 Å². The summed E-state index contributed by atoms with van der Waals surface area (Å²) in [7, 11) is -4.11. The Labute approximate surface area is 95.1 Å². The van der Waals surface area contributed by atoms with E-state index in [-0.39, 0.29) is 15.6 Å². The van der Waals surface area contributed by atoms with Crippen molar-refractivity contribution in [1.29, 1.82) is 0 Å². The molecule has 0 aliphatic rings. The largest absolute Gasteiger partial charge is 0.264 e. The molecule has 0 spiro atoms. The van der Waals surface area contributed by atoms with Crippen molar-refractivity contribution in [1.82, 2.24) is 0 Å². The first-order valence-corrected chi connectivity index (χ1v) is 5.52. The lowest BCUT2D eigenvalue weighted by molar-refractivity contribution is 0.565. The summed E-state index contributed by atoms with van der Waals surface area (Å²) in [6.45, 7) is 0. The zero-order chi connectivity index (χ0) is 12.2. The molecular weight excluding hydrogens is 256 g/mol. The summed E-state index contributed by atoms with van der Waals surface area (Å²) in [5.41, 5.74) is 7.99. The van der Waals surface area contributed by atoms with Crippen molar-refractivity contribution >= 4 is 33.4 Å². The van der Waals surface area contributed by atoms with Gasteiger partial charge in [0.15, 0.2) is 0 Å². The Hall–Kier alpha value is -1.85. The summed E-state index contributed by atoms with van der Waals surface area (Å²) in [6.07, 6.45) is 1.23. The van der Waals surface area contributed by atoms with Gasteiger partial charge in [-0.2, -0.15) is 4.99 Å². The van der Waals surface area contributed by atoms with Crippen LogP contribution in [0.1, 0.15) is 0 Å². The monoisotopic (exact) mass is 258 g/mol. The number of sulfonamides is 1. The molecule has 0 aliphatic heterocycles. The Bertz CT molecular complexity index is 615. The fourth-order valence-corrected chi connectivity index (χ4v) is 1.73. The van der Waals surface area contributed by atoms with Gasteiger partial charge in [-0.15, -0.1) is 0 Å². The van der Waals surface area contributed by atoms with Gasteiger partial charge in [0.1, 0.15) is 0 Å². The lowest BCUT2D eigenvalue weighted by Crippen LogP contribution is -1.94. The third-order valence-corrected chi connectivity index (χ3v) is 2.98. The van der Waals surface area contributed by atoms with Gasteiger partial charge in [0.05, 0.1) is 15.6 Å². The Balaban J connectivity index is 3.44. The fourth-order valence-electron chi connectivity index (χ4n) is 0.883. The topological polar surface area (TPSA) is 112 Å². The maximum absolute atomic E-state index is 11.3. The van der Waals surface area contributed by atoms with Gasteiger partial charge in [0.25, 0.3) is 10.0 Å². The van der Waals surface area contributed by atoms with Crippen molar-refractivity contribution in [2.45, 2.75) is 4.90 Å². The van der Waals surface area contributed by atoms with E-state index in [4.69, 9.17) is 17.1 Å². The Morgan fingerprint density at radius 3 is 2.69 bits per heavy atom. The molecule has 16 heavy (non-hydrogen) atoms. The predicted octanol–water partition coefficient (Wildman–Crippen LogP) is 2.31. The number of carbonyl (C=O) groups excluding carboxylic acids is 1. The van der Waals surface area contributed by atoms with Crippen LogP contribution in [0.4, 0.5) is 5.69 Å². The van der Waals surface area contributed by atoms with Crippen molar-refractivity contribution in [2.24, 2.45) is 9.51 Å². The number of nitrogens with zero attached hydrogens (tertiary/aromatic N) is 4. The summed E-state index contributed by atoms with van der Waals surface area (Å²) in [5, 5.41) is 0.0863. The zero-order valence-electron chi connectivity index (χ0n) is 7.53. The molecule has 0 radical (unpaired) electrons. The van der Waals surface area contributed by atoms with Crippen molar-refractivity contribution < 1.29 is 13.2 Å². The van der Waals surface area contributed by atoms with E-state index in [9.17, 15) is 13.2 Å². The first-order chi connectivity index (χ1) is 7.51. The molecule has 9 heteroatoms. The predicted molar refractivity (Wildman–Crippen MR) is 55.6 cm³/mol. The molecule has 0 heterocycles. The van der Waals surface area contributed by atoms with E-state index in [0.29, 0.717) is 0 Å². The second kappa shape index (κ2) is 4.78. The third kappa shape index (κ3) is 2.59. The molecule has 1 rings (SSSR count). The van der Waals surface area contributed by atoms with Gasteiger partial charge >= 0.3 is 0 Å². The van der Waals surface area contributed by atoms with E-state index in [1.54, 1.807) is 0 Å². The Morgan fingerprint density at radius 1 is 1.44 bits per heavy atom. The van der Waals surface area contributed by atoms with E-state index in [0.717, 1.165) is 12.1 Å². The molecule has 82 valence electrons. The molecule has 0 N–H and O–H groups in total. The number of halogens is 1. The molecular formula is C7H3ClN4O3S. The summed E-state index contributed by atoms with van der Waals surface area (Å²) in [6, 6.07) is 3.37. The molecule has 0 saturated heterocycles.